The molecule has 0 aromatic heterocycles. The van der Waals surface area contributed by atoms with Crippen LogP contribution >= 0.6 is 0 Å². The lowest BCUT2D eigenvalue weighted by Crippen LogP contribution is -2.24. The fourth-order valence-corrected chi connectivity index (χ4v) is 3.06. The van der Waals surface area contributed by atoms with Gasteiger partial charge in [-0.2, -0.15) is 13.2 Å². The van der Waals surface area contributed by atoms with E-state index in [-0.39, 0.29) is 11.3 Å². The molecule has 1 aliphatic rings. The van der Waals surface area contributed by atoms with E-state index in [4.69, 9.17) is 4.74 Å². The van der Waals surface area contributed by atoms with Gasteiger partial charge in [-0.15, -0.1) is 0 Å². The second-order valence-electron chi connectivity index (χ2n) is 6.33. The Morgan fingerprint density at radius 2 is 1.73 bits per heavy atom. The van der Waals surface area contributed by atoms with Crippen LogP contribution in [-0.2, 0) is 23.8 Å². The number of hydrogen-bond donors (Lipinski definition) is 0. The number of benzene rings is 2. The van der Waals surface area contributed by atoms with Gasteiger partial charge in [-0.1, -0.05) is 18.2 Å². The van der Waals surface area contributed by atoms with Gasteiger partial charge in [-0.25, -0.2) is 4.79 Å². The molecule has 0 saturated heterocycles. The van der Waals surface area contributed by atoms with Gasteiger partial charge in [-0.05, 0) is 61.6 Å². The molecule has 0 aliphatic heterocycles. The molecule has 3 nitrogen and oxygen atoms in total. The van der Waals surface area contributed by atoms with Crippen LogP contribution in [0.5, 0.6) is 0 Å². The van der Waals surface area contributed by atoms with E-state index in [2.05, 4.69) is 0 Å². The third-order valence-electron chi connectivity index (χ3n) is 4.46. The van der Waals surface area contributed by atoms with Crippen LogP contribution in [0.3, 0.4) is 0 Å². The van der Waals surface area contributed by atoms with Crippen LogP contribution in [0.4, 0.5) is 13.2 Å². The zero-order valence-corrected chi connectivity index (χ0v) is 14.1. The first kappa shape index (κ1) is 18.2. The molecule has 3 rings (SSSR count). The van der Waals surface area contributed by atoms with Gasteiger partial charge >= 0.3 is 12.1 Å². The van der Waals surface area contributed by atoms with Gasteiger partial charge in [0.05, 0.1) is 11.1 Å². The molecule has 0 fully saturated rings. The average Bonchev–Trinajstić information content (AvgIpc) is 3.08. The van der Waals surface area contributed by atoms with E-state index in [1.807, 2.05) is 6.07 Å². The monoisotopic (exact) mass is 362 g/mol. The highest BCUT2D eigenvalue weighted by atomic mass is 19.4. The molecule has 0 N–H and O–H groups in total. The molecule has 136 valence electrons. The molecule has 0 amide bonds. The Balaban J connectivity index is 1.72. The number of fused-ring (bicyclic) bond motifs is 1. The Morgan fingerprint density at radius 3 is 2.46 bits per heavy atom. The number of carbonyl (C=O) groups excluding carboxylic acids is 2. The number of carbonyl (C=O) groups is 2. The number of hydrogen-bond acceptors (Lipinski definition) is 3. The predicted octanol–water partition coefficient (Wildman–Crippen LogP) is 4.62. The minimum Gasteiger partial charge on any atom is -0.451 e. The SMILES string of the molecule is C[C@@H](OC(=O)c1cccc(C(F)(F)F)c1)C(=O)c1ccc2c(c1)CCC2. The fourth-order valence-electron chi connectivity index (χ4n) is 3.06. The van der Waals surface area contributed by atoms with Crippen molar-refractivity contribution in [1.29, 1.82) is 0 Å². The van der Waals surface area contributed by atoms with E-state index in [1.165, 1.54) is 18.6 Å². The highest BCUT2D eigenvalue weighted by Crippen LogP contribution is 2.30. The van der Waals surface area contributed by atoms with Crippen LogP contribution in [0.2, 0.25) is 0 Å². The Bertz CT molecular complexity index is 856. The largest absolute Gasteiger partial charge is 0.451 e. The zero-order valence-electron chi connectivity index (χ0n) is 14.1. The molecule has 0 spiro atoms. The van der Waals surface area contributed by atoms with Crippen molar-refractivity contribution in [2.75, 3.05) is 0 Å². The minimum absolute atomic E-state index is 0.242. The summed E-state index contributed by atoms with van der Waals surface area (Å²) in [4.78, 5) is 24.6. The van der Waals surface area contributed by atoms with Crippen molar-refractivity contribution in [1.82, 2.24) is 0 Å². The molecule has 1 aliphatic carbocycles. The van der Waals surface area contributed by atoms with E-state index in [0.29, 0.717) is 5.56 Å². The van der Waals surface area contributed by atoms with Crippen LogP contribution in [0.25, 0.3) is 0 Å². The van der Waals surface area contributed by atoms with E-state index in [0.717, 1.165) is 43.0 Å². The van der Waals surface area contributed by atoms with Crippen molar-refractivity contribution in [2.45, 2.75) is 38.5 Å². The number of halogens is 3. The summed E-state index contributed by atoms with van der Waals surface area (Å²) in [5.41, 5.74) is 1.59. The molecule has 0 bridgehead atoms. The summed E-state index contributed by atoms with van der Waals surface area (Å²) in [6.07, 6.45) is -2.69. The third kappa shape index (κ3) is 3.79. The normalized spacial score (nSPS) is 14.6. The molecule has 1 atom stereocenters. The van der Waals surface area contributed by atoms with Gasteiger partial charge in [0.1, 0.15) is 0 Å². The Hall–Kier alpha value is -2.63. The summed E-state index contributed by atoms with van der Waals surface area (Å²) in [6, 6.07) is 9.35. The number of alkyl halides is 3. The van der Waals surface area contributed by atoms with Crippen LogP contribution < -0.4 is 0 Å². The van der Waals surface area contributed by atoms with Crippen molar-refractivity contribution in [3.63, 3.8) is 0 Å². The summed E-state index contributed by atoms with van der Waals surface area (Å²) < 4.78 is 43.3. The molecular formula is C20H17F3O3. The minimum atomic E-state index is -4.55. The van der Waals surface area contributed by atoms with Gasteiger partial charge in [0.2, 0.25) is 5.78 Å². The molecule has 0 saturated carbocycles. The number of ether oxygens (including phenoxy) is 1. The number of ketones is 1. The maximum Gasteiger partial charge on any atom is 0.416 e. The molecular weight excluding hydrogens is 345 g/mol. The Kier molecular flexibility index (Phi) is 4.85. The van der Waals surface area contributed by atoms with Gasteiger partial charge in [0, 0.05) is 5.56 Å². The molecule has 2 aromatic rings. The third-order valence-corrected chi connectivity index (χ3v) is 4.46. The zero-order chi connectivity index (χ0) is 18.9. The second kappa shape index (κ2) is 6.94. The molecule has 26 heavy (non-hydrogen) atoms. The van der Waals surface area contributed by atoms with Gasteiger partial charge in [-0.3, -0.25) is 4.79 Å². The first-order valence-electron chi connectivity index (χ1n) is 8.30. The number of esters is 1. The maximum absolute atomic E-state index is 12.7. The molecule has 0 radical (unpaired) electrons. The van der Waals surface area contributed by atoms with Gasteiger partial charge in [0.25, 0.3) is 0 Å². The maximum atomic E-state index is 12.7. The fraction of sp³-hybridized carbons (Fsp3) is 0.300. The van der Waals surface area contributed by atoms with Crippen LogP contribution in [0, 0.1) is 0 Å². The molecule has 0 unspecified atom stereocenters. The van der Waals surface area contributed by atoms with Crippen LogP contribution in [0.1, 0.15) is 50.8 Å². The van der Waals surface area contributed by atoms with E-state index < -0.39 is 23.8 Å². The lowest BCUT2D eigenvalue weighted by atomic mass is 10.0. The molecule has 0 heterocycles. The highest BCUT2D eigenvalue weighted by Gasteiger charge is 2.31. The summed E-state index contributed by atoms with van der Waals surface area (Å²) in [5.74, 6) is -1.34. The summed E-state index contributed by atoms with van der Waals surface area (Å²) in [6.45, 7) is 1.42. The number of rotatable bonds is 4. The van der Waals surface area contributed by atoms with Gasteiger partial charge in [0.15, 0.2) is 6.10 Å². The van der Waals surface area contributed by atoms with E-state index >= 15 is 0 Å². The summed E-state index contributed by atoms with van der Waals surface area (Å²) >= 11 is 0. The topological polar surface area (TPSA) is 43.4 Å². The van der Waals surface area contributed by atoms with Crippen molar-refractivity contribution < 1.29 is 27.5 Å². The quantitative estimate of drug-likeness (QED) is 0.589. The van der Waals surface area contributed by atoms with Crippen molar-refractivity contribution >= 4 is 11.8 Å². The lowest BCUT2D eigenvalue weighted by Gasteiger charge is -2.14. The van der Waals surface area contributed by atoms with Gasteiger partial charge < -0.3 is 4.74 Å². The second-order valence-corrected chi connectivity index (χ2v) is 6.33. The van der Waals surface area contributed by atoms with Crippen molar-refractivity contribution in [2.24, 2.45) is 0 Å². The number of Topliss-reactive ketones (excluding diaryl/α,β-unsaturated/α-hetero) is 1. The van der Waals surface area contributed by atoms with Crippen molar-refractivity contribution in [3.8, 4) is 0 Å². The standard InChI is InChI=1S/C20H17F3O3/c1-12(18(24)15-9-8-13-4-2-5-14(13)10-15)26-19(25)16-6-3-7-17(11-16)20(21,22)23/h3,6-12H,2,4-5H2,1H3/t12-/m1/s1. The summed E-state index contributed by atoms with van der Waals surface area (Å²) in [5, 5.41) is 0. The molecule has 2 aromatic carbocycles. The van der Waals surface area contributed by atoms with Crippen LogP contribution in [-0.4, -0.2) is 17.9 Å². The van der Waals surface area contributed by atoms with Crippen molar-refractivity contribution in [3.05, 3.63) is 70.3 Å². The first-order valence-corrected chi connectivity index (χ1v) is 8.30. The smallest absolute Gasteiger partial charge is 0.416 e. The lowest BCUT2D eigenvalue weighted by molar-refractivity contribution is -0.137. The first-order chi connectivity index (χ1) is 12.3. The Labute approximate surface area is 148 Å². The molecule has 6 heteroatoms. The highest BCUT2D eigenvalue weighted by molar-refractivity contribution is 6.01. The summed E-state index contributed by atoms with van der Waals surface area (Å²) in [7, 11) is 0. The predicted molar refractivity (Wildman–Crippen MR) is 89.1 cm³/mol. The van der Waals surface area contributed by atoms with E-state index in [1.54, 1.807) is 12.1 Å². The average molecular weight is 362 g/mol. The Morgan fingerprint density at radius 1 is 1.00 bits per heavy atom. The van der Waals surface area contributed by atoms with E-state index in [9.17, 15) is 22.8 Å². The van der Waals surface area contributed by atoms with Crippen LogP contribution in [0.15, 0.2) is 42.5 Å². The number of aryl methyl sites for hydroxylation is 2.